The van der Waals surface area contributed by atoms with Gasteiger partial charge in [0.25, 0.3) is 0 Å². The van der Waals surface area contributed by atoms with Gasteiger partial charge in [-0.05, 0) is 18.2 Å². The number of carbonyl (C=O) groups excluding carboxylic acids is 1. The molecule has 160 valence electrons. The second-order valence-corrected chi connectivity index (χ2v) is 8.37. The number of amides is 1. The van der Waals surface area contributed by atoms with Crippen LogP contribution in [0.2, 0.25) is 0 Å². The molecule has 2 heterocycles. The van der Waals surface area contributed by atoms with Gasteiger partial charge in [0.05, 0.1) is 18.4 Å². The Morgan fingerprint density at radius 2 is 1.69 bits per heavy atom. The highest BCUT2D eigenvalue weighted by atomic mass is 32.2. The lowest BCUT2D eigenvalue weighted by Gasteiger charge is -2.26. The molecule has 1 aliphatic heterocycles. The van der Waals surface area contributed by atoms with E-state index in [0.29, 0.717) is 11.8 Å². The molecule has 0 bridgehead atoms. The minimum Gasteiger partial charge on any atom is -0.493 e. The van der Waals surface area contributed by atoms with E-state index in [1.165, 1.54) is 11.8 Å². The number of rotatable bonds is 6. The number of fused-ring (bicyclic) bond motifs is 1. The van der Waals surface area contributed by atoms with Gasteiger partial charge in [-0.25, -0.2) is 0 Å². The summed E-state index contributed by atoms with van der Waals surface area (Å²) in [5.74, 6) is 1.80. The van der Waals surface area contributed by atoms with Gasteiger partial charge >= 0.3 is 0 Å². The van der Waals surface area contributed by atoms with Crippen molar-refractivity contribution in [2.24, 2.45) is 0 Å². The Hall–Kier alpha value is -3.58. The van der Waals surface area contributed by atoms with Crippen molar-refractivity contribution in [3.8, 4) is 22.8 Å². The van der Waals surface area contributed by atoms with E-state index in [4.69, 9.17) is 4.74 Å². The minimum absolute atomic E-state index is 0.0411. The van der Waals surface area contributed by atoms with Crippen LogP contribution in [0.25, 0.3) is 17.1 Å². The maximum absolute atomic E-state index is 12.8. The number of hydrogen-bond acceptors (Lipinski definition) is 5. The Morgan fingerprint density at radius 3 is 2.50 bits per heavy atom. The van der Waals surface area contributed by atoms with Crippen molar-refractivity contribution in [3.05, 3.63) is 90.5 Å². The number of nitrogens with one attached hydrogen (secondary N) is 1. The number of aromatic nitrogens is 3. The van der Waals surface area contributed by atoms with Gasteiger partial charge < -0.3 is 10.1 Å². The molecule has 4 aromatic rings. The Morgan fingerprint density at radius 1 is 0.969 bits per heavy atom. The third-order valence-corrected chi connectivity index (χ3v) is 6.23. The summed E-state index contributed by atoms with van der Waals surface area (Å²) in [6.45, 7) is 0.595. The first kappa shape index (κ1) is 20.3. The molecule has 5 rings (SSSR count). The zero-order chi connectivity index (χ0) is 21.8. The maximum atomic E-state index is 12.8. The fourth-order valence-corrected chi connectivity index (χ4v) is 4.57. The summed E-state index contributed by atoms with van der Waals surface area (Å²) < 4.78 is 7.69. The fourth-order valence-electron chi connectivity index (χ4n) is 3.81. The van der Waals surface area contributed by atoms with Crippen LogP contribution in [0.3, 0.4) is 0 Å². The topological polar surface area (TPSA) is 69.0 Å². The molecule has 6 nitrogen and oxygen atoms in total. The molecule has 0 fully saturated rings. The largest absolute Gasteiger partial charge is 0.493 e. The van der Waals surface area contributed by atoms with E-state index in [9.17, 15) is 4.79 Å². The molecule has 7 heteroatoms. The summed E-state index contributed by atoms with van der Waals surface area (Å²) in [6, 6.07) is 27.7. The van der Waals surface area contributed by atoms with Crippen molar-refractivity contribution >= 4 is 17.7 Å². The monoisotopic (exact) mass is 442 g/mol. The summed E-state index contributed by atoms with van der Waals surface area (Å²) in [7, 11) is 0. The molecule has 0 unspecified atom stereocenters. The molecule has 1 N–H and O–H groups in total. The lowest BCUT2D eigenvalue weighted by atomic mass is 10.0. The van der Waals surface area contributed by atoms with Crippen molar-refractivity contribution in [1.82, 2.24) is 20.1 Å². The third-order valence-electron chi connectivity index (χ3n) is 5.31. The number of thioether (sulfide) groups is 1. The molecule has 0 saturated carbocycles. The van der Waals surface area contributed by atoms with Crippen molar-refractivity contribution in [2.45, 2.75) is 17.6 Å². The molecular formula is C25H22N4O2S. The first-order valence-electron chi connectivity index (χ1n) is 10.5. The van der Waals surface area contributed by atoms with Crippen LogP contribution >= 0.6 is 11.8 Å². The van der Waals surface area contributed by atoms with Crippen LogP contribution in [-0.4, -0.2) is 33.0 Å². The first-order chi connectivity index (χ1) is 15.8. The van der Waals surface area contributed by atoms with E-state index in [-0.39, 0.29) is 17.7 Å². The zero-order valence-electron chi connectivity index (χ0n) is 17.3. The molecule has 1 aliphatic rings. The van der Waals surface area contributed by atoms with Crippen molar-refractivity contribution in [3.63, 3.8) is 0 Å². The smallest absolute Gasteiger partial charge is 0.230 e. The highest BCUT2D eigenvalue weighted by molar-refractivity contribution is 7.99. The predicted octanol–water partition coefficient (Wildman–Crippen LogP) is 4.67. The fraction of sp³-hybridized carbons (Fsp3) is 0.160. The standard InChI is InChI=1S/C25H22N4O2S/c30-23(26-21-15-16-31-22-14-8-7-13-20(21)22)17-32-25-28-27-24(18-9-3-1-4-10-18)29(25)19-11-5-2-6-12-19/h1-14,21H,15-17H2,(H,26,30)/t21-/m1/s1. The second kappa shape index (κ2) is 9.28. The number of benzene rings is 3. The normalized spacial score (nSPS) is 14.9. The van der Waals surface area contributed by atoms with E-state index >= 15 is 0 Å². The van der Waals surface area contributed by atoms with E-state index in [0.717, 1.165) is 34.8 Å². The molecule has 32 heavy (non-hydrogen) atoms. The van der Waals surface area contributed by atoms with Gasteiger partial charge in [-0.2, -0.15) is 0 Å². The Balaban J connectivity index is 1.35. The van der Waals surface area contributed by atoms with Crippen LogP contribution in [0.5, 0.6) is 5.75 Å². The van der Waals surface area contributed by atoms with E-state index < -0.39 is 0 Å². The van der Waals surface area contributed by atoms with Crippen molar-refractivity contribution in [1.29, 1.82) is 0 Å². The molecular weight excluding hydrogens is 420 g/mol. The molecule has 1 aromatic heterocycles. The summed E-state index contributed by atoms with van der Waals surface area (Å²) in [4.78, 5) is 12.8. The first-order valence-corrected chi connectivity index (χ1v) is 11.5. The summed E-state index contributed by atoms with van der Waals surface area (Å²) in [5.41, 5.74) is 2.95. The number of carbonyl (C=O) groups is 1. The quantitative estimate of drug-likeness (QED) is 0.440. The average molecular weight is 443 g/mol. The van der Waals surface area contributed by atoms with E-state index in [2.05, 4.69) is 15.5 Å². The van der Waals surface area contributed by atoms with Crippen molar-refractivity contribution in [2.75, 3.05) is 12.4 Å². The van der Waals surface area contributed by atoms with Gasteiger partial charge in [0.15, 0.2) is 11.0 Å². The number of ether oxygens (including phenoxy) is 1. The molecule has 0 spiro atoms. The highest BCUT2D eigenvalue weighted by Gasteiger charge is 2.23. The van der Waals surface area contributed by atoms with Gasteiger partial charge in [0.2, 0.25) is 5.91 Å². The molecule has 1 amide bonds. The summed E-state index contributed by atoms with van der Waals surface area (Å²) in [5, 5.41) is 12.7. The molecule has 0 aliphatic carbocycles. The van der Waals surface area contributed by atoms with Crippen LogP contribution in [0, 0.1) is 0 Å². The number of para-hydroxylation sites is 2. The van der Waals surface area contributed by atoms with Gasteiger partial charge in [-0.15, -0.1) is 10.2 Å². The van der Waals surface area contributed by atoms with Crippen LogP contribution < -0.4 is 10.1 Å². The third kappa shape index (κ3) is 4.24. The number of hydrogen-bond donors (Lipinski definition) is 1. The van der Waals surface area contributed by atoms with Crippen LogP contribution in [0.1, 0.15) is 18.0 Å². The van der Waals surface area contributed by atoms with Crippen molar-refractivity contribution < 1.29 is 9.53 Å². The summed E-state index contributed by atoms with van der Waals surface area (Å²) in [6.07, 6.45) is 0.756. The van der Waals surface area contributed by atoms with Gasteiger partial charge in [0, 0.05) is 23.2 Å². The molecule has 3 aromatic carbocycles. The predicted molar refractivity (Wildman–Crippen MR) is 125 cm³/mol. The maximum Gasteiger partial charge on any atom is 0.230 e. The lowest BCUT2D eigenvalue weighted by Crippen LogP contribution is -2.33. The summed E-state index contributed by atoms with van der Waals surface area (Å²) >= 11 is 1.38. The van der Waals surface area contributed by atoms with Gasteiger partial charge in [-0.1, -0.05) is 78.5 Å². The molecule has 0 saturated heterocycles. The Labute approximate surface area is 190 Å². The zero-order valence-corrected chi connectivity index (χ0v) is 18.2. The van der Waals surface area contributed by atoms with E-state index in [1.54, 1.807) is 0 Å². The Bertz CT molecular complexity index is 1210. The second-order valence-electron chi connectivity index (χ2n) is 7.43. The SMILES string of the molecule is O=C(CSc1nnc(-c2ccccc2)n1-c1ccccc1)N[C@@H]1CCOc2ccccc21. The van der Waals surface area contributed by atoms with Crippen LogP contribution in [-0.2, 0) is 4.79 Å². The van der Waals surface area contributed by atoms with Crippen LogP contribution in [0.4, 0.5) is 0 Å². The van der Waals surface area contributed by atoms with Gasteiger partial charge in [0.1, 0.15) is 5.75 Å². The van der Waals surface area contributed by atoms with Gasteiger partial charge in [-0.3, -0.25) is 9.36 Å². The Kier molecular flexibility index (Phi) is 5.89. The molecule has 0 radical (unpaired) electrons. The number of nitrogens with zero attached hydrogens (tertiary/aromatic N) is 3. The lowest BCUT2D eigenvalue weighted by molar-refractivity contribution is -0.119. The highest BCUT2D eigenvalue weighted by Crippen LogP contribution is 2.32. The average Bonchev–Trinajstić information content (AvgIpc) is 3.28. The van der Waals surface area contributed by atoms with Crippen LogP contribution in [0.15, 0.2) is 90.1 Å². The molecule has 1 atom stereocenters. The van der Waals surface area contributed by atoms with E-state index in [1.807, 2.05) is 89.5 Å². The minimum atomic E-state index is -0.0417.